The van der Waals surface area contributed by atoms with Crippen LogP contribution in [-0.2, 0) is 16.6 Å². The third-order valence-corrected chi connectivity index (χ3v) is 3.75. The van der Waals surface area contributed by atoms with E-state index < -0.39 is 15.8 Å². The van der Waals surface area contributed by atoms with Gasteiger partial charge in [0.15, 0.2) is 0 Å². The Hall–Kier alpha value is -1.99. The van der Waals surface area contributed by atoms with Gasteiger partial charge in [0.1, 0.15) is 5.82 Å². The predicted molar refractivity (Wildman–Crippen MR) is 69.1 cm³/mol. The highest BCUT2D eigenvalue weighted by atomic mass is 32.2. The molecule has 0 fully saturated rings. The molecule has 1 heterocycles. The standard InChI is InChI=1S/C12H12FN3O2S/c13-9-5-10(14)7-12(6-9)19(17,18)16-8-11-3-1-2-4-15-11/h1-7,16H,8,14H2. The summed E-state index contributed by atoms with van der Waals surface area (Å²) in [6, 6.07) is 8.32. The Morgan fingerprint density at radius 2 is 2.05 bits per heavy atom. The zero-order valence-corrected chi connectivity index (χ0v) is 10.7. The molecule has 1 aromatic carbocycles. The number of aromatic nitrogens is 1. The third kappa shape index (κ3) is 3.49. The van der Waals surface area contributed by atoms with E-state index in [1.54, 1.807) is 24.4 Å². The molecule has 5 nitrogen and oxygen atoms in total. The number of rotatable bonds is 4. The van der Waals surface area contributed by atoms with Crippen molar-refractivity contribution in [2.24, 2.45) is 0 Å². The van der Waals surface area contributed by atoms with Crippen molar-refractivity contribution in [1.82, 2.24) is 9.71 Å². The molecular weight excluding hydrogens is 269 g/mol. The molecule has 3 N–H and O–H groups in total. The normalized spacial score (nSPS) is 11.4. The SMILES string of the molecule is Nc1cc(F)cc(S(=O)(=O)NCc2ccccn2)c1. The van der Waals surface area contributed by atoms with Crippen LogP contribution in [0.5, 0.6) is 0 Å². The zero-order chi connectivity index (χ0) is 13.9. The molecule has 2 aromatic rings. The lowest BCUT2D eigenvalue weighted by Crippen LogP contribution is -2.24. The largest absolute Gasteiger partial charge is 0.399 e. The van der Waals surface area contributed by atoms with Gasteiger partial charge in [-0.2, -0.15) is 0 Å². The fraction of sp³-hybridized carbons (Fsp3) is 0.0833. The molecule has 0 saturated carbocycles. The van der Waals surface area contributed by atoms with Gasteiger partial charge in [0.2, 0.25) is 10.0 Å². The Morgan fingerprint density at radius 3 is 2.68 bits per heavy atom. The highest BCUT2D eigenvalue weighted by Crippen LogP contribution is 2.15. The van der Waals surface area contributed by atoms with Crippen LogP contribution >= 0.6 is 0 Å². The third-order valence-electron chi connectivity index (χ3n) is 2.37. The Bertz CT molecular complexity index is 654. The van der Waals surface area contributed by atoms with Crippen LogP contribution in [0.4, 0.5) is 10.1 Å². The van der Waals surface area contributed by atoms with Gasteiger partial charge in [0.05, 0.1) is 17.1 Å². The minimum Gasteiger partial charge on any atom is -0.399 e. The van der Waals surface area contributed by atoms with Gasteiger partial charge in [-0.3, -0.25) is 4.98 Å². The summed E-state index contributed by atoms with van der Waals surface area (Å²) in [7, 11) is -3.81. The molecule has 0 atom stereocenters. The van der Waals surface area contributed by atoms with Gasteiger partial charge < -0.3 is 5.73 Å². The van der Waals surface area contributed by atoms with Crippen LogP contribution in [0.1, 0.15) is 5.69 Å². The summed E-state index contributed by atoms with van der Waals surface area (Å²) < 4.78 is 39.4. The molecule has 100 valence electrons. The second-order valence-corrected chi connectivity index (χ2v) is 5.63. The van der Waals surface area contributed by atoms with Crippen molar-refractivity contribution in [2.45, 2.75) is 11.4 Å². The van der Waals surface area contributed by atoms with Crippen molar-refractivity contribution in [1.29, 1.82) is 0 Å². The summed E-state index contributed by atoms with van der Waals surface area (Å²) in [5.74, 6) is -0.696. The summed E-state index contributed by atoms with van der Waals surface area (Å²) in [4.78, 5) is 3.78. The second-order valence-electron chi connectivity index (χ2n) is 3.87. The smallest absolute Gasteiger partial charge is 0.241 e. The lowest BCUT2D eigenvalue weighted by molar-refractivity contribution is 0.576. The average Bonchev–Trinajstić information content (AvgIpc) is 2.37. The molecule has 1 aromatic heterocycles. The second kappa shape index (κ2) is 5.33. The molecule has 0 aliphatic heterocycles. The van der Waals surface area contributed by atoms with Crippen molar-refractivity contribution in [3.63, 3.8) is 0 Å². The van der Waals surface area contributed by atoms with Gasteiger partial charge in [-0.25, -0.2) is 17.5 Å². The summed E-state index contributed by atoms with van der Waals surface area (Å²) in [5.41, 5.74) is 6.04. The minimum atomic E-state index is -3.81. The van der Waals surface area contributed by atoms with Crippen LogP contribution < -0.4 is 10.5 Å². The van der Waals surface area contributed by atoms with Gasteiger partial charge in [0, 0.05) is 11.9 Å². The minimum absolute atomic E-state index is 0.0274. The molecule has 0 bridgehead atoms. The van der Waals surface area contributed by atoms with E-state index in [0.717, 1.165) is 12.1 Å². The van der Waals surface area contributed by atoms with E-state index >= 15 is 0 Å². The van der Waals surface area contributed by atoms with Crippen LogP contribution in [0.3, 0.4) is 0 Å². The Kier molecular flexibility index (Phi) is 3.77. The van der Waals surface area contributed by atoms with Gasteiger partial charge in [-0.15, -0.1) is 0 Å². The van der Waals surface area contributed by atoms with Gasteiger partial charge >= 0.3 is 0 Å². The summed E-state index contributed by atoms with van der Waals surface area (Å²) in [6.07, 6.45) is 1.56. The number of nitrogen functional groups attached to an aromatic ring is 1. The fourth-order valence-electron chi connectivity index (χ4n) is 1.49. The van der Waals surface area contributed by atoms with Crippen molar-refractivity contribution in [3.05, 3.63) is 54.1 Å². The maximum atomic E-state index is 13.1. The van der Waals surface area contributed by atoms with Crippen LogP contribution in [-0.4, -0.2) is 13.4 Å². The molecule has 0 unspecified atom stereocenters. The highest BCUT2D eigenvalue weighted by molar-refractivity contribution is 7.89. The van der Waals surface area contributed by atoms with Crippen LogP contribution in [0, 0.1) is 5.82 Å². The number of hydrogen-bond donors (Lipinski definition) is 2. The number of hydrogen-bond acceptors (Lipinski definition) is 4. The average molecular weight is 281 g/mol. The first kappa shape index (κ1) is 13.4. The Balaban J connectivity index is 2.19. The van der Waals surface area contributed by atoms with Crippen molar-refractivity contribution in [2.75, 3.05) is 5.73 Å². The van der Waals surface area contributed by atoms with Crippen LogP contribution in [0.25, 0.3) is 0 Å². The Labute approximate surface area is 110 Å². The molecule has 0 aliphatic rings. The van der Waals surface area contributed by atoms with Gasteiger partial charge in [-0.1, -0.05) is 6.07 Å². The molecule has 2 rings (SSSR count). The first-order valence-corrected chi connectivity index (χ1v) is 6.91. The van der Waals surface area contributed by atoms with Gasteiger partial charge in [0.25, 0.3) is 0 Å². The van der Waals surface area contributed by atoms with E-state index in [0.29, 0.717) is 5.69 Å². The molecule has 0 spiro atoms. The lowest BCUT2D eigenvalue weighted by atomic mass is 10.3. The summed E-state index contributed by atoms with van der Waals surface area (Å²) >= 11 is 0. The molecule has 19 heavy (non-hydrogen) atoms. The number of benzene rings is 1. The molecular formula is C12H12FN3O2S. The van der Waals surface area contributed by atoms with E-state index in [9.17, 15) is 12.8 Å². The number of anilines is 1. The molecule has 0 radical (unpaired) electrons. The van der Waals surface area contributed by atoms with E-state index in [4.69, 9.17) is 5.73 Å². The van der Waals surface area contributed by atoms with E-state index in [1.165, 1.54) is 6.07 Å². The zero-order valence-electron chi connectivity index (χ0n) is 9.88. The number of pyridine rings is 1. The molecule has 0 amide bonds. The fourth-order valence-corrected chi connectivity index (χ4v) is 2.56. The summed E-state index contributed by atoms with van der Waals surface area (Å²) in [5, 5.41) is 0. The topological polar surface area (TPSA) is 85.1 Å². The number of halogens is 1. The van der Waals surface area contributed by atoms with Crippen molar-refractivity contribution in [3.8, 4) is 0 Å². The summed E-state index contributed by atoms with van der Waals surface area (Å²) in [6.45, 7) is 0.0274. The highest BCUT2D eigenvalue weighted by Gasteiger charge is 2.15. The van der Waals surface area contributed by atoms with Crippen molar-refractivity contribution < 1.29 is 12.8 Å². The van der Waals surface area contributed by atoms with E-state index in [1.807, 2.05) is 0 Å². The van der Waals surface area contributed by atoms with Crippen molar-refractivity contribution >= 4 is 15.7 Å². The quantitative estimate of drug-likeness (QED) is 0.827. The van der Waals surface area contributed by atoms with E-state index in [-0.39, 0.29) is 17.1 Å². The molecule has 0 aliphatic carbocycles. The van der Waals surface area contributed by atoms with Crippen LogP contribution in [0.2, 0.25) is 0 Å². The molecule has 7 heteroatoms. The number of nitrogens with zero attached hydrogens (tertiary/aromatic N) is 1. The lowest BCUT2D eigenvalue weighted by Gasteiger charge is -2.07. The first-order valence-electron chi connectivity index (χ1n) is 5.43. The number of nitrogens with two attached hydrogens (primary N) is 1. The van der Waals surface area contributed by atoms with Crippen LogP contribution in [0.15, 0.2) is 47.5 Å². The Morgan fingerprint density at radius 1 is 1.26 bits per heavy atom. The van der Waals surface area contributed by atoms with E-state index in [2.05, 4.69) is 9.71 Å². The number of sulfonamides is 1. The number of nitrogens with one attached hydrogen (secondary N) is 1. The van der Waals surface area contributed by atoms with Gasteiger partial charge in [-0.05, 0) is 30.3 Å². The predicted octanol–water partition coefficient (Wildman–Crippen LogP) is 1.28. The maximum Gasteiger partial charge on any atom is 0.241 e. The molecule has 0 saturated heterocycles. The first-order chi connectivity index (χ1) is 8.97. The maximum absolute atomic E-state index is 13.1. The monoisotopic (exact) mass is 281 g/mol.